The average molecular weight is 506 g/mol. The molecule has 9 heteroatoms. The quantitative estimate of drug-likeness (QED) is 0.596. The van der Waals surface area contributed by atoms with Crippen molar-refractivity contribution in [2.45, 2.75) is 32.5 Å². The molecule has 0 saturated carbocycles. The van der Waals surface area contributed by atoms with Gasteiger partial charge in [-0.25, -0.2) is 9.78 Å². The van der Waals surface area contributed by atoms with E-state index >= 15 is 0 Å². The molecule has 0 fully saturated rings. The van der Waals surface area contributed by atoms with Gasteiger partial charge in [0.2, 0.25) is 5.88 Å². The van der Waals surface area contributed by atoms with E-state index in [0.29, 0.717) is 29.7 Å². The van der Waals surface area contributed by atoms with Crippen LogP contribution < -0.4 is 4.74 Å². The molecule has 1 amide bonds. The van der Waals surface area contributed by atoms with Gasteiger partial charge in [-0.1, -0.05) is 19.1 Å². The van der Waals surface area contributed by atoms with Gasteiger partial charge < -0.3 is 19.8 Å². The van der Waals surface area contributed by atoms with Gasteiger partial charge in [0.15, 0.2) is 0 Å². The minimum atomic E-state index is -0.948. The number of carbonyl (C=O) groups excluding carboxylic acids is 1. The summed E-state index contributed by atoms with van der Waals surface area (Å²) in [6.07, 6.45) is 1.36. The number of carbonyl (C=O) groups is 2. The van der Waals surface area contributed by atoms with E-state index in [1.807, 2.05) is 20.9 Å². The van der Waals surface area contributed by atoms with Crippen molar-refractivity contribution in [1.29, 1.82) is 0 Å². The summed E-state index contributed by atoms with van der Waals surface area (Å²) in [4.78, 5) is 32.3. The summed E-state index contributed by atoms with van der Waals surface area (Å²) in [5.41, 5.74) is 1.61. The number of hydrogen-bond acceptors (Lipinski definition) is 6. The summed E-state index contributed by atoms with van der Waals surface area (Å²) < 4.78 is 6.91. The summed E-state index contributed by atoms with van der Waals surface area (Å²) in [6, 6.07) is 8.17. The largest absolute Gasteiger partial charge is 0.478 e. The maximum Gasteiger partial charge on any atom is 0.335 e. The number of aromatic carboxylic acids is 1. The third-order valence-corrected chi connectivity index (χ3v) is 6.07. The number of benzene rings is 1. The second-order valence-corrected chi connectivity index (χ2v) is 9.24. The Morgan fingerprint density at radius 1 is 1.38 bits per heavy atom. The van der Waals surface area contributed by atoms with Gasteiger partial charge in [-0.2, -0.15) is 0 Å². The van der Waals surface area contributed by atoms with Crippen molar-refractivity contribution >= 4 is 27.8 Å². The lowest BCUT2D eigenvalue weighted by molar-refractivity contribution is 0.0325. The van der Waals surface area contributed by atoms with Gasteiger partial charge in [0.25, 0.3) is 5.91 Å². The Bertz CT molecular complexity index is 969. The Morgan fingerprint density at radius 3 is 2.69 bits per heavy atom. The highest BCUT2D eigenvalue weighted by Gasteiger charge is 2.34. The number of aromatic nitrogens is 1. The summed E-state index contributed by atoms with van der Waals surface area (Å²) in [5, 5.41) is 18.8. The summed E-state index contributed by atoms with van der Waals surface area (Å²) in [7, 11) is 1.97. The van der Waals surface area contributed by atoms with Crippen molar-refractivity contribution in [3.05, 3.63) is 57.7 Å². The van der Waals surface area contributed by atoms with E-state index in [1.165, 1.54) is 0 Å². The number of carboxylic acid groups (broad SMARTS) is 1. The van der Waals surface area contributed by atoms with E-state index < -0.39 is 5.97 Å². The fraction of sp³-hybridized carbons (Fsp3) is 0.435. The van der Waals surface area contributed by atoms with E-state index in [4.69, 9.17) is 9.84 Å². The molecule has 32 heavy (non-hydrogen) atoms. The Morgan fingerprint density at radius 2 is 2.06 bits per heavy atom. The fourth-order valence-corrected chi connectivity index (χ4v) is 4.06. The minimum Gasteiger partial charge on any atom is -0.478 e. The number of rotatable bonds is 7. The lowest BCUT2D eigenvalue weighted by atomic mass is 10.00. The maximum absolute atomic E-state index is 13.2. The molecule has 172 valence electrons. The van der Waals surface area contributed by atoms with Crippen LogP contribution in [0.2, 0.25) is 0 Å². The first-order chi connectivity index (χ1) is 15.2. The zero-order chi connectivity index (χ0) is 23.4. The molecule has 1 aliphatic heterocycles. The molecule has 0 aliphatic carbocycles. The average Bonchev–Trinajstić information content (AvgIpc) is 2.76. The number of likely N-dealkylation sites (N-methyl/N-ethyl adjacent to an activating group) is 1. The van der Waals surface area contributed by atoms with Gasteiger partial charge in [0.05, 0.1) is 18.2 Å². The van der Waals surface area contributed by atoms with Crippen LogP contribution >= 0.6 is 15.9 Å². The number of aliphatic hydroxyl groups is 1. The minimum absolute atomic E-state index is 0.0108. The zero-order valence-corrected chi connectivity index (χ0v) is 19.9. The van der Waals surface area contributed by atoms with Crippen LogP contribution in [-0.2, 0) is 6.54 Å². The molecule has 1 aromatic carbocycles. The SMILES string of the molecule is C[C@@H]1CN([C@@H](C)CO)C(=O)c2cc(Br)cnc2O[C@@H]1CN(C)Cc1ccc(C(=O)O)cc1. The lowest BCUT2D eigenvalue weighted by Gasteiger charge is -2.37. The molecule has 2 N–H and O–H groups in total. The first-order valence-electron chi connectivity index (χ1n) is 10.4. The van der Waals surface area contributed by atoms with Gasteiger partial charge in [-0.15, -0.1) is 0 Å². The Balaban J connectivity index is 1.81. The van der Waals surface area contributed by atoms with Gasteiger partial charge in [-0.3, -0.25) is 9.69 Å². The van der Waals surface area contributed by atoms with Crippen LogP contribution in [0.1, 0.15) is 40.1 Å². The van der Waals surface area contributed by atoms with E-state index in [0.717, 1.165) is 5.56 Å². The monoisotopic (exact) mass is 505 g/mol. The Kier molecular flexibility index (Phi) is 7.86. The normalized spacial score (nSPS) is 19.7. The summed E-state index contributed by atoms with van der Waals surface area (Å²) in [6.45, 7) is 5.34. The Hall–Kier alpha value is -2.49. The molecule has 1 aromatic heterocycles. The van der Waals surface area contributed by atoms with Crippen molar-refractivity contribution in [3.63, 3.8) is 0 Å². The topological polar surface area (TPSA) is 103 Å². The fourth-order valence-electron chi connectivity index (χ4n) is 3.73. The van der Waals surface area contributed by atoms with Crippen molar-refractivity contribution in [2.75, 3.05) is 26.7 Å². The van der Waals surface area contributed by atoms with Crippen LogP contribution in [0.5, 0.6) is 5.88 Å². The summed E-state index contributed by atoms with van der Waals surface area (Å²) >= 11 is 3.37. The predicted octanol–water partition coefficient (Wildman–Crippen LogP) is 2.89. The van der Waals surface area contributed by atoms with Crippen molar-refractivity contribution < 1.29 is 24.5 Å². The number of hydrogen-bond donors (Lipinski definition) is 2. The smallest absolute Gasteiger partial charge is 0.335 e. The lowest BCUT2D eigenvalue weighted by Crippen LogP contribution is -2.49. The van der Waals surface area contributed by atoms with E-state index in [2.05, 4.69) is 25.8 Å². The van der Waals surface area contributed by atoms with Gasteiger partial charge in [0, 0.05) is 36.2 Å². The van der Waals surface area contributed by atoms with Crippen LogP contribution in [0.15, 0.2) is 41.0 Å². The number of ether oxygens (including phenoxy) is 1. The summed E-state index contributed by atoms with van der Waals surface area (Å²) in [5.74, 6) is -0.893. The van der Waals surface area contributed by atoms with E-state index in [9.17, 15) is 14.7 Å². The molecular formula is C23H28BrN3O5. The highest BCUT2D eigenvalue weighted by Crippen LogP contribution is 2.28. The van der Waals surface area contributed by atoms with Crippen LogP contribution in [0, 0.1) is 5.92 Å². The van der Waals surface area contributed by atoms with Crippen molar-refractivity contribution in [1.82, 2.24) is 14.8 Å². The third kappa shape index (κ3) is 5.65. The number of pyridine rings is 1. The molecule has 0 radical (unpaired) electrons. The number of carboxylic acids is 1. The predicted molar refractivity (Wildman–Crippen MR) is 123 cm³/mol. The molecule has 1 aliphatic rings. The first kappa shape index (κ1) is 24.2. The molecule has 0 bridgehead atoms. The number of amides is 1. The molecule has 8 nitrogen and oxygen atoms in total. The molecule has 3 rings (SSSR count). The molecule has 3 atom stereocenters. The number of aliphatic hydroxyl groups excluding tert-OH is 1. The van der Waals surface area contributed by atoms with E-state index in [1.54, 1.807) is 41.4 Å². The highest BCUT2D eigenvalue weighted by molar-refractivity contribution is 9.10. The molecule has 2 aromatic rings. The van der Waals surface area contributed by atoms with Crippen LogP contribution in [0.3, 0.4) is 0 Å². The van der Waals surface area contributed by atoms with Crippen LogP contribution in [-0.4, -0.2) is 75.8 Å². The van der Waals surface area contributed by atoms with E-state index in [-0.39, 0.29) is 42.0 Å². The molecule has 0 unspecified atom stereocenters. The van der Waals surface area contributed by atoms with Crippen molar-refractivity contribution in [2.24, 2.45) is 5.92 Å². The Labute approximate surface area is 195 Å². The molecule has 0 spiro atoms. The van der Waals surface area contributed by atoms with Crippen LogP contribution in [0.25, 0.3) is 0 Å². The second-order valence-electron chi connectivity index (χ2n) is 8.33. The number of halogens is 1. The first-order valence-corrected chi connectivity index (χ1v) is 11.2. The van der Waals surface area contributed by atoms with Crippen molar-refractivity contribution in [3.8, 4) is 5.88 Å². The maximum atomic E-state index is 13.2. The van der Waals surface area contributed by atoms with Gasteiger partial charge in [-0.05, 0) is 53.7 Å². The number of nitrogens with zero attached hydrogens (tertiary/aromatic N) is 3. The standard InChI is InChI=1S/C23H28BrN3O5/c1-14-10-27(15(2)13-28)22(29)19-8-18(24)9-25-21(19)32-20(14)12-26(3)11-16-4-6-17(7-5-16)23(30)31/h4-9,14-15,20,28H,10-13H2,1-3H3,(H,30,31)/t14-,15+,20-/m1/s1. The third-order valence-electron chi connectivity index (χ3n) is 5.63. The molecule has 0 saturated heterocycles. The van der Waals surface area contributed by atoms with Gasteiger partial charge >= 0.3 is 5.97 Å². The molecular weight excluding hydrogens is 478 g/mol. The highest BCUT2D eigenvalue weighted by atomic mass is 79.9. The molecule has 2 heterocycles. The zero-order valence-electron chi connectivity index (χ0n) is 18.4. The van der Waals surface area contributed by atoms with Crippen LogP contribution in [0.4, 0.5) is 0 Å². The van der Waals surface area contributed by atoms with Gasteiger partial charge in [0.1, 0.15) is 11.7 Å². The second kappa shape index (κ2) is 10.4. The number of fused-ring (bicyclic) bond motifs is 1.